The van der Waals surface area contributed by atoms with Gasteiger partial charge in [0, 0.05) is 19.7 Å². The molecule has 8 nitrogen and oxygen atoms in total. The third kappa shape index (κ3) is 4.94. The van der Waals surface area contributed by atoms with E-state index in [1.807, 2.05) is 33.8 Å². The largest absolute Gasteiger partial charge is 0.497 e. The van der Waals surface area contributed by atoms with E-state index in [0.717, 1.165) is 56.7 Å². The highest BCUT2D eigenvalue weighted by Crippen LogP contribution is 2.21. The lowest BCUT2D eigenvalue weighted by molar-refractivity contribution is 0.0502. The van der Waals surface area contributed by atoms with Crippen LogP contribution in [-0.4, -0.2) is 65.3 Å². The number of methoxy groups -OCH3 is 1. The van der Waals surface area contributed by atoms with E-state index in [2.05, 4.69) is 15.6 Å². The molecule has 0 aliphatic carbocycles. The maximum Gasteiger partial charge on any atom is 0.276 e. The van der Waals surface area contributed by atoms with E-state index < -0.39 is 0 Å². The van der Waals surface area contributed by atoms with Crippen molar-refractivity contribution in [3.8, 4) is 5.75 Å². The Morgan fingerprint density at radius 3 is 2.97 bits per heavy atom. The molecular weight excluding hydrogens is 370 g/mol. The second-order valence-electron chi connectivity index (χ2n) is 7.74. The fraction of sp³-hybridized carbons (Fsp3) is 0.571. The third-order valence-electron chi connectivity index (χ3n) is 5.66. The highest BCUT2D eigenvalue weighted by Gasteiger charge is 2.26. The summed E-state index contributed by atoms with van der Waals surface area (Å²) >= 11 is 0. The molecule has 8 heteroatoms. The van der Waals surface area contributed by atoms with Gasteiger partial charge in [-0.2, -0.15) is 0 Å². The van der Waals surface area contributed by atoms with E-state index in [1.165, 1.54) is 0 Å². The molecule has 1 atom stereocenters. The Morgan fingerprint density at radius 1 is 1.34 bits per heavy atom. The molecule has 0 spiro atoms. The first kappa shape index (κ1) is 19.8. The Balaban J connectivity index is 1.51. The quantitative estimate of drug-likeness (QED) is 0.767. The lowest BCUT2D eigenvalue weighted by Gasteiger charge is -2.25. The van der Waals surface area contributed by atoms with Crippen LogP contribution in [0, 0.1) is 0 Å². The summed E-state index contributed by atoms with van der Waals surface area (Å²) < 4.78 is 13.0. The molecule has 156 valence electrons. The molecule has 2 saturated heterocycles. The van der Waals surface area contributed by atoms with Crippen LogP contribution in [0.2, 0.25) is 0 Å². The van der Waals surface area contributed by atoms with Crippen molar-refractivity contribution in [3.05, 3.63) is 41.7 Å². The van der Waals surface area contributed by atoms with Gasteiger partial charge in [0.25, 0.3) is 5.91 Å². The number of aromatic nitrogens is 3. The average Bonchev–Trinajstić information content (AvgIpc) is 3.46. The number of carbonyl (C=O) groups is 1. The summed E-state index contributed by atoms with van der Waals surface area (Å²) in [6.45, 7) is 3.73. The first-order valence-electron chi connectivity index (χ1n) is 10.4. The number of benzene rings is 1. The summed E-state index contributed by atoms with van der Waals surface area (Å²) in [6.07, 6.45) is 5.89. The van der Waals surface area contributed by atoms with Crippen LogP contribution in [-0.2, 0) is 11.3 Å². The van der Waals surface area contributed by atoms with Gasteiger partial charge in [0.2, 0.25) is 0 Å². The van der Waals surface area contributed by atoms with Crippen molar-refractivity contribution in [2.75, 3.05) is 33.4 Å². The Kier molecular flexibility index (Phi) is 6.41. The number of carbonyl (C=O) groups excluding carboxylic acids is 1. The highest BCUT2D eigenvalue weighted by molar-refractivity contribution is 5.92. The van der Waals surface area contributed by atoms with Gasteiger partial charge in [-0.3, -0.25) is 4.79 Å². The second kappa shape index (κ2) is 9.37. The number of ether oxygens (including phenoxy) is 2. The number of rotatable bonds is 7. The van der Waals surface area contributed by atoms with Crippen molar-refractivity contribution in [1.29, 1.82) is 0 Å². The summed E-state index contributed by atoms with van der Waals surface area (Å²) in [5.74, 6) is 0.673. The van der Waals surface area contributed by atoms with Crippen LogP contribution in [0.3, 0.4) is 0 Å². The Hall–Kier alpha value is -2.45. The molecule has 0 radical (unpaired) electrons. The molecule has 0 saturated carbocycles. The summed E-state index contributed by atoms with van der Waals surface area (Å²) in [5, 5.41) is 11.8. The van der Waals surface area contributed by atoms with E-state index in [-0.39, 0.29) is 12.0 Å². The standard InChI is InChI=1S/C21H29N5O3/c1-28-18-5-2-4-16(12-18)13-25(14-19-6-3-11-29-19)21(27)20-15-26(24-23-20)17-7-9-22-10-8-17/h2,4-5,12,15,17,19,22H,3,6-11,13-14H2,1H3. The molecule has 0 bridgehead atoms. The van der Waals surface area contributed by atoms with Crippen molar-refractivity contribution in [1.82, 2.24) is 25.2 Å². The maximum absolute atomic E-state index is 13.3. The molecule has 2 aliphatic heterocycles. The molecule has 1 amide bonds. The SMILES string of the molecule is COc1cccc(CN(CC2CCCO2)C(=O)c2cn(C3CCNCC3)nn2)c1. The number of hydrogen-bond acceptors (Lipinski definition) is 6. The maximum atomic E-state index is 13.3. The molecule has 4 rings (SSSR count). The van der Waals surface area contributed by atoms with E-state index in [9.17, 15) is 4.79 Å². The van der Waals surface area contributed by atoms with Crippen molar-refractivity contribution in [3.63, 3.8) is 0 Å². The number of piperidine rings is 1. The average molecular weight is 399 g/mol. The van der Waals surface area contributed by atoms with E-state index in [0.29, 0.717) is 24.8 Å². The van der Waals surface area contributed by atoms with Crippen molar-refractivity contribution >= 4 is 5.91 Å². The van der Waals surface area contributed by atoms with Gasteiger partial charge in [0.05, 0.1) is 25.5 Å². The smallest absolute Gasteiger partial charge is 0.276 e. The van der Waals surface area contributed by atoms with Crippen molar-refractivity contribution < 1.29 is 14.3 Å². The van der Waals surface area contributed by atoms with Gasteiger partial charge in [0.15, 0.2) is 5.69 Å². The van der Waals surface area contributed by atoms with Crippen LogP contribution in [0.4, 0.5) is 0 Å². The molecule has 1 unspecified atom stereocenters. The lowest BCUT2D eigenvalue weighted by Crippen LogP contribution is -2.37. The van der Waals surface area contributed by atoms with Gasteiger partial charge in [-0.15, -0.1) is 5.10 Å². The molecule has 1 aromatic heterocycles. The van der Waals surface area contributed by atoms with Crippen molar-refractivity contribution in [2.24, 2.45) is 0 Å². The molecule has 2 aromatic rings. The highest BCUT2D eigenvalue weighted by atomic mass is 16.5. The molecular formula is C21H29N5O3. The van der Waals surface area contributed by atoms with Gasteiger partial charge in [-0.05, 0) is 56.5 Å². The van der Waals surface area contributed by atoms with E-state index in [4.69, 9.17) is 9.47 Å². The number of amides is 1. The summed E-state index contributed by atoms with van der Waals surface area (Å²) in [4.78, 5) is 15.1. The first-order valence-corrected chi connectivity index (χ1v) is 10.4. The summed E-state index contributed by atoms with van der Waals surface area (Å²) in [6, 6.07) is 8.11. The monoisotopic (exact) mass is 399 g/mol. The normalized spacial score (nSPS) is 20.0. The topological polar surface area (TPSA) is 81.5 Å². The Bertz CT molecular complexity index is 812. The van der Waals surface area contributed by atoms with Crippen LogP contribution in [0.5, 0.6) is 5.75 Å². The number of nitrogens with one attached hydrogen (secondary N) is 1. The molecule has 3 heterocycles. The number of nitrogens with zero attached hydrogens (tertiary/aromatic N) is 4. The van der Waals surface area contributed by atoms with Gasteiger partial charge in [-0.1, -0.05) is 17.3 Å². The fourth-order valence-corrected chi connectivity index (χ4v) is 4.03. The Morgan fingerprint density at radius 2 is 2.21 bits per heavy atom. The Labute approximate surface area is 171 Å². The lowest BCUT2D eigenvalue weighted by atomic mass is 10.1. The summed E-state index contributed by atoms with van der Waals surface area (Å²) in [5.41, 5.74) is 1.41. The van der Waals surface area contributed by atoms with E-state index >= 15 is 0 Å². The van der Waals surface area contributed by atoms with Gasteiger partial charge in [0.1, 0.15) is 5.75 Å². The van der Waals surface area contributed by atoms with Crippen LogP contribution in [0.15, 0.2) is 30.5 Å². The zero-order chi connectivity index (χ0) is 20.1. The summed E-state index contributed by atoms with van der Waals surface area (Å²) in [7, 11) is 1.65. The molecule has 1 aromatic carbocycles. The van der Waals surface area contributed by atoms with Gasteiger partial charge in [-0.25, -0.2) is 4.68 Å². The molecule has 1 N–H and O–H groups in total. The predicted octanol–water partition coefficient (Wildman–Crippen LogP) is 2.03. The second-order valence-corrected chi connectivity index (χ2v) is 7.74. The van der Waals surface area contributed by atoms with Crippen LogP contribution in [0.25, 0.3) is 0 Å². The predicted molar refractivity (Wildman–Crippen MR) is 108 cm³/mol. The third-order valence-corrected chi connectivity index (χ3v) is 5.66. The minimum absolute atomic E-state index is 0.0732. The molecule has 2 aliphatic rings. The molecule has 29 heavy (non-hydrogen) atoms. The van der Waals surface area contributed by atoms with Crippen LogP contribution in [0.1, 0.15) is 47.8 Å². The zero-order valence-corrected chi connectivity index (χ0v) is 16.9. The zero-order valence-electron chi connectivity index (χ0n) is 16.9. The van der Waals surface area contributed by atoms with Gasteiger partial charge < -0.3 is 19.7 Å². The number of hydrogen-bond donors (Lipinski definition) is 1. The molecule has 2 fully saturated rings. The van der Waals surface area contributed by atoms with Crippen molar-refractivity contribution in [2.45, 2.75) is 44.4 Å². The fourth-order valence-electron chi connectivity index (χ4n) is 4.03. The van der Waals surface area contributed by atoms with Crippen LogP contribution >= 0.6 is 0 Å². The van der Waals surface area contributed by atoms with E-state index in [1.54, 1.807) is 13.3 Å². The van der Waals surface area contributed by atoms with Crippen LogP contribution < -0.4 is 10.1 Å². The minimum atomic E-state index is -0.108. The minimum Gasteiger partial charge on any atom is -0.497 e. The first-order chi connectivity index (χ1) is 14.2. The van der Waals surface area contributed by atoms with Gasteiger partial charge >= 0.3 is 0 Å².